The summed E-state index contributed by atoms with van der Waals surface area (Å²) in [4.78, 5) is 51.5. The maximum Gasteiger partial charge on any atom is 0.248 e. The monoisotopic (exact) mass is 370 g/mol. The smallest absolute Gasteiger partial charge is 0.248 e. The molecule has 10 heteroatoms. The van der Waals surface area contributed by atoms with E-state index in [1.54, 1.807) is 4.90 Å². The summed E-state index contributed by atoms with van der Waals surface area (Å²) in [5.74, 6) is -0.676. The van der Waals surface area contributed by atoms with Gasteiger partial charge in [-0.25, -0.2) is 0 Å². The zero-order valence-electron chi connectivity index (χ0n) is 14.0. The Hall–Kier alpha value is -1.81. The first-order valence-corrected chi connectivity index (χ1v) is 9.61. The standard InChI is InChI=1S/C15H22N4O5S/c1-25-7-12(21)17-9-2-3-18-13(9)15(23)19-5-8(24-6-11(16)20)4-10(19)14(18)22/h8-10,13H,2-7H2,1H3,(H2,16,20)(H,17,21). The van der Waals surface area contributed by atoms with Crippen LogP contribution in [0, 0.1) is 0 Å². The van der Waals surface area contributed by atoms with Crippen LogP contribution in [0.1, 0.15) is 12.8 Å². The molecule has 0 aliphatic carbocycles. The highest BCUT2D eigenvalue weighted by Crippen LogP contribution is 2.33. The Morgan fingerprint density at radius 1 is 1.32 bits per heavy atom. The van der Waals surface area contributed by atoms with Crippen molar-refractivity contribution < 1.29 is 23.9 Å². The number of piperazine rings is 1. The number of rotatable bonds is 6. The number of hydrogen-bond acceptors (Lipinski definition) is 6. The number of nitrogens with two attached hydrogens (primary N) is 1. The van der Waals surface area contributed by atoms with Gasteiger partial charge >= 0.3 is 0 Å². The third-order valence-corrected chi connectivity index (χ3v) is 5.40. The minimum atomic E-state index is -0.649. The molecule has 9 nitrogen and oxygen atoms in total. The van der Waals surface area contributed by atoms with Crippen LogP contribution in [-0.4, -0.2) is 89.4 Å². The summed E-state index contributed by atoms with van der Waals surface area (Å²) in [6.07, 6.45) is 2.39. The first-order chi connectivity index (χ1) is 11.9. The molecule has 3 saturated heterocycles. The van der Waals surface area contributed by atoms with Crippen molar-refractivity contribution in [1.29, 1.82) is 0 Å². The molecule has 0 aromatic rings. The minimum Gasteiger partial charge on any atom is -0.368 e. The van der Waals surface area contributed by atoms with Crippen molar-refractivity contribution >= 4 is 35.4 Å². The van der Waals surface area contributed by atoms with Crippen molar-refractivity contribution in [3.8, 4) is 0 Å². The van der Waals surface area contributed by atoms with E-state index in [-0.39, 0.29) is 43.0 Å². The lowest BCUT2D eigenvalue weighted by molar-refractivity contribution is -0.157. The molecule has 0 bridgehead atoms. The lowest BCUT2D eigenvalue weighted by Gasteiger charge is -2.40. The topological polar surface area (TPSA) is 122 Å². The molecule has 0 aromatic carbocycles. The Morgan fingerprint density at radius 3 is 2.76 bits per heavy atom. The van der Waals surface area contributed by atoms with E-state index < -0.39 is 18.0 Å². The predicted octanol–water partition coefficient (Wildman–Crippen LogP) is -2.08. The van der Waals surface area contributed by atoms with Gasteiger partial charge in [-0.3, -0.25) is 19.2 Å². The van der Waals surface area contributed by atoms with Gasteiger partial charge in [0, 0.05) is 19.5 Å². The van der Waals surface area contributed by atoms with Crippen LogP contribution in [0.15, 0.2) is 0 Å². The molecule has 3 fully saturated rings. The highest BCUT2D eigenvalue weighted by Gasteiger charge is 2.55. The highest BCUT2D eigenvalue weighted by atomic mass is 32.2. The van der Waals surface area contributed by atoms with Crippen LogP contribution >= 0.6 is 11.8 Å². The summed E-state index contributed by atoms with van der Waals surface area (Å²) in [6.45, 7) is 0.489. The number of thioether (sulfide) groups is 1. The van der Waals surface area contributed by atoms with Crippen LogP contribution < -0.4 is 11.1 Å². The second kappa shape index (κ2) is 7.20. The van der Waals surface area contributed by atoms with Gasteiger partial charge in [0.1, 0.15) is 18.7 Å². The summed E-state index contributed by atoms with van der Waals surface area (Å²) in [7, 11) is 0. The van der Waals surface area contributed by atoms with E-state index in [4.69, 9.17) is 10.5 Å². The number of carbonyl (C=O) groups excluding carboxylic acids is 4. The third-order valence-electron chi connectivity index (χ3n) is 4.85. The van der Waals surface area contributed by atoms with Gasteiger partial charge in [0.2, 0.25) is 23.6 Å². The summed E-state index contributed by atoms with van der Waals surface area (Å²) < 4.78 is 5.39. The van der Waals surface area contributed by atoms with E-state index in [0.29, 0.717) is 25.1 Å². The van der Waals surface area contributed by atoms with Crippen molar-refractivity contribution in [2.75, 3.05) is 31.7 Å². The molecule has 3 aliphatic heterocycles. The van der Waals surface area contributed by atoms with E-state index in [9.17, 15) is 19.2 Å². The number of primary amides is 1. The van der Waals surface area contributed by atoms with E-state index in [1.165, 1.54) is 16.7 Å². The molecule has 4 unspecified atom stereocenters. The number of nitrogens with zero attached hydrogens (tertiary/aromatic N) is 2. The molecule has 0 spiro atoms. The van der Waals surface area contributed by atoms with Gasteiger partial charge in [0.15, 0.2) is 0 Å². The van der Waals surface area contributed by atoms with Crippen molar-refractivity contribution in [3.05, 3.63) is 0 Å². The van der Waals surface area contributed by atoms with E-state index in [0.717, 1.165) is 0 Å². The number of hydrogen-bond donors (Lipinski definition) is 2. The fraction of sp³-hybridized carbons (Fsp3) is 0.733. The van der Waals surface area contributed by atoms with Gasteiger partial charge < -0.3 is 25.6 Å². The SMILES string of the molecule is CSCC(=O)NC1CCN2C(=O)C3CC(OCC(N)=O)CN3C(=O)C12. The van der Waals surface area contributed by atoms with E-state index in [2.05, 4.69) is 5.32 Å². The molecule has 3 rings (SSSR count). The van der Waals surface area contributed by atoms with Crippen molar-refractivity contribution in [2.24, 2.45) is 5.73 Å². The molecule has 4 atom stereocenters. The molecule has 4 amide bonds. The molecule has 3 heterocycles. The number of fused-ring (bicyclic) bond motifs is 2. The zero-order valence-corrected chi connectivity index (χ0v) is 14.8. The Bertz CT molecular complexity index is 600. The largest absolute Gasteiger partial charge is 0.368 e. The van der Waals surface area contributed by atoms with E-state index in [1.807, 2.05) is 6.26 Å². The van der Waals surface area contributed by atoms with Crippen LogP contribution in [-0.2, 0) is 23.9 Å². The van der Waals surface area contributed by atoms with E-state index >= 15 is 0 Å². The summed E-state index contributed by atoms with van der Waals surface area (Å²) in [5.41, 5.74) is 5.07. The molecular weight excluding hydrogens is 348 g/mol. The Labute approximate surface area is 149 Å². The number of amides is 4. The number of nitrogens with one attached hydrogen (secondary N) is 1. The lowest BCUT2D eigenvalue weighted by atomic mass is 10.0. The predicted molar refractivity (Wildman–Crippen MR) is 89.5 cm³/mol. The van der Waals surface area contributed by atoms with Gasteiger partial charge in [-0.2, -0.15) is 11.8 Å². The number of ether oxygens (including phenoxy) is 1. The molecule has 0 saturated carbocycles. The van der Waals surface area contributed by atoms with Crippen LogP contribution in [0.3, 0.4) is 0 Å². The first-order valence-electron chi connectivity index (χ1n) is 8.21. The molecular formula is C15H22N4O5S. The van der Waals surface area contributed by atoms with Gasteiger partial charge in [0.05, 0.1) is 17.9 Å². The normalized spacial score (nSPS) is 31.1. The fourth-order valence-electron chi connectivity index (χ4n) is 3.83. The van der Waals surface area contributed by atoms with Gasteiger partial charge in [0.25, 0.3) is 0 Å². The molecule has 0 radical (unpaired) electrons. The van der Waals surface area contributed by atoms with Gasteiger partial charge in [-0.1, -0.05) is 0 Å². The summed E-state index contributed by atoms with van der Waals surface area (Å²) in [6, 6.07) is -1.56. The molecule has 25 heavy (non-hydrogen) atoms. The average Bonchev–Trinajstić information content (AvgIpc) is 3.16. The van der Waals surface area contributed by atoms with Crippen LogP contribution in [0.2, 0.25) is 0 Å². The molecule has 0 aromatic heterocycles. The summed E-state index contributed by atoms with van der Waals surface area (Å²) >= 11 is 1.41. The first kappa shape index (κ1) is 18.0. The maximum absolute atomic E-state index is 12.9. The Morgan fingerprint density at radius 2 is 2.08 bits per heavy atom. The molecule has 3 N–H and O–H groups in total. The van der Waals surface area contributed by atoms with Crippen LogP contribution in [0.25, 0.3) is 0 Å². The van der Waals surface area contributed by atoms with Gasteiger partial charge in [-0.15, -0.1) is 0 Å². The Kier molecular flexibility index (Phi) is 5.19. The third kappa shape index (κ3) is 3.45. The maximum atomic E-state index is 12.9. The average molecular weight is 370 g/mol. The Balaban J connectivity index is 1.69. The molecule has 3 aliphatic rings. The summed E-state index contributed by atoms with van der Waals surface area (Å²) in [5, 5.41) is 2.87. The van der Waals surface area contributed by atoms with Crippen molar-refractivity contribution in [2.45, 2.75) is 37.1 Å². The van der Waals surface area contributed by atoms with Crippen LogP contribution in [0.5, 0.6) is 0 Å². The lowest BCUT2D eigenvalue weighted by Crippen LogP contribution is -2.64. The van der Waals surface area contributed by atoms with Crippen molar-refractivity contribution in [3.63, 3.8) is 0 Å². The zero-order chi connectivity index (χ0) is 18.1. The fourth-order valence-corrected chi connectivity index (χ4v) is 4.18. The van der Waals surface area contributed by atoms with Gasteiger partial charge in [-0.05, 0) is 12.7 Å². The molecule has 138 valence electrons. The van der Waals surface area contributed by atoms with Crippen LogP contribution in [0.4, 0.5) is 0 Å². The minimum absolute atomic E-state index is 0.114. The number of carbonyl (C=O) groups is 4. The quantitative estimate of drug-likeness (QED) is 0.553. The highest BCUT2D eigenvalue weighted by molar-refractivity contribution is 7.99. The second-order valence-corrected chi connectivity index (χ2v) is 7.38. The van der Waals surface area contributed by atoms with Crippen molar-refractivity contribution in [1.82, 2.24) is 15.1 Å². The second-order valence-electron chi connectivity index (χ2n) is 6.51.